The zero-order chi connectivity index (χ0) is 11.8. The molecule has 0 radical (unpaired) electrons. The summed E-state index contributed by atoms with van der Waals surface area (Å²) in [5.74, 6) is 0.0642. The number of alkyl halides is 2. The second-order valence-corrected chi connectivity index (χ2v) is 4.05. The lowest BCUT2D eigenvalue weighted by Crippen LogP contribution is -2.23. The topological polar surface area (TPSA) is 59.2 Å². The van der Waals surface area contributed by atoms with E-state index in [0.29, 0.717) is 31.0 Å². The first-order valence-electron chi connectivity index (χ1n) is 5.32. The van der Waals surface area contributed by atoms with E-state index in [-0.39, 0.29) is 0 Å². The van der Waals surface area contributed by atoms with Crippen LogP contribution in [0.4, 0.5) is 14.6 Å². The molecule has 90 valence electrons. The summed E-state index contributed by atoms with van der Waals surface area (Å²) in [7, 11) is 0. The molecule has 0 saturated carbocycles. The predicted molar refractivity (Wildman–Crippen MR) is 54.9 cm³/mol. The lowest BCUT2D eigenvalue weighted by Gasteiger charge is -2.16. The van der Waals surface area contributed by atoms with Crippen molar-refractivity contribution in [3.05, 3.63) is 12.1 Å². The summed E-state index contributed by atoms with van der Waals surface area (Å²) in [6.07, 6.45) is -1.77. The van der Waals surface area contributed by atoms with Crippen molar-refractivity contribution in [3.63, 3.8) is 0 Å². The summed E-state index contributed by atoms with van der Waals surface area (Å²) in [4.78, 5) is 1.83. The van der Waals surface area contributed by atoms with Gasteiger partial charge in [0, 0.05) is 19.0 Å². The summed E-state index contributed by atoms with van der Waals surface area (Å²) < 4.78 is 26.4. The van der Waals surface area contributed by atoms with Crippen LogP contribution in [0.3, 0.4) is 0 Å². The molecular formula is C9H10F2N6. The zero-order valence-electron chi connectivity index (χ0n) is 8.87. The third-order valence-corrected chi connectivity index (χ3v) is 2.96. The monoisotopic (exact) mass is 240 g/mol. The number of aromatic nitrogens is 5. The molecule has 1 unspecified atom stereocenters. The normalized spacial score (nSPS) is 20.6. The van der Waals surface area contributed by atoms with Crippen molar-refractivity contribution in [2.24, 2.45) is 5.92 Å². The molecular weight excluding hydrogens is 230 g/mol. The van der Waals surface area contributed by atoms with Gasteiger partial charge >= 0.3 is 0 Å². The van der Waals surface area contributed by atoms with Gasteiger partial charge in [-0.3, -0.25) is 0 Å². The summed E-state index contributed by atoms with van der Waals surface area (Å²) in [5, 5.41) is 15.1. The Morgan fingerprint density at radius 3 is 3.00 bits per heavy atom. The van der Waals surface area contributed by atoms with Gasteiger partial charge in [0.15, 0.2) is 11.5 Å². The Kier molecular flexibility index (Phi) is 2.34. The molecule has 2 aromatic heterocycles. The third kappa shape index (κ3) is 1.79. The molecule has 0 aliphatic carbocycles. The van der Waals surface area contributed by atoms with E-state index in [1.54, 1.807) is 12.1 Å². The quantitative estimate of drug-likeness (QED) is 0.769. The SMILES string of the molecule is FC(F)C1CCN(c2ccc3nnnn3n2)C1. The summed E-state index contributed by atoms with van der Waals surface area (Å²) in [5.41, 5.74) is 0.540. The number of tetrazole rings is 1. The van der Waals surface area contributed by atoms with Crippen LogP contribution in [-0.2, 0) is 0 Å². The Labute approximate surface area is 95.2 Å². The fourth-order valence-electron chi connectivity index (χ4n) is 2.01. The molecule has 0 bridgehead atoms. The van der Waals surface area contributed by atoms with Crippen molar-refractivity contribution >= 4 is 11.5 Å². The Morgan fingerprint density at radius 2 is 2.24 bits per heavy atom. The highest BCUT2D eigenvalue weighted by atomic mass is 19.3. The molecule has 17 heavy (non-hydrogen) atoms. The van der Waals surface area contributed by atoms with E-state index < -0.39 is 12.3 Å². The molecule has 0 aromatic carbocycles. The van der Waals surface area contributed by atoms with Crippen LogP contribution in [0.25, 0.3) is 5.65 Å². The van der Waals surface area contributed by atoms with Crippen molar-refractivity contribution in [2.75, 3.05) is 18.0 Å². The van der Waals surface area contributed by atoms with Gasteiger partial charge in [-0.25, -0.2) is 8.78 Å². The maximum Gasteiger partial charge on any atom is 0.243 e. The minimum absolute atomic E-state index is 0.332. The van der Waals surface area contributed by atoms with Gasteiger partial charge < -0.3 is 4.90 Å². The number of anilines is 1. The maximum atomic E-state index is 12.5. The standard InChI is InChI=1S/C9H10F2N6/c10-9(11)6-3-4-16(5-6)8-2-1-7-12-14-15-17(7)13-8/h1-2,6,9H,3-5H2. The molecule has 1 fully saturated rings. The lowest BCUT2D eigenvalue weighted by atomic mass is 10.1. The van der Waals surface area contributed by atoms with E-state index in [2.05, 4.69) is 20.6 Å². The van der Waals surface area contributed by atoms with Gasteiger partial charge in [0.1, 0.15) is 0 Å². The molecule has 1 aliphatic rings. The second kappa shape index (κ2) is 3.86. The van der Waals surface area contributed by atoms with Crippen molar-refractivity contribution in [3.8, 4) is 0 Å². The minimum atomic E-state index is -2.27. The average molecular weight is 240 g/mol. The van der Waals surface area contributed by atoms with Gasteiger partial charge in [-0.05, 0) is 29.0 Å². The highest BCUT2D eigenvalue weighted by Gasteiger charge is 2.30. The highest BCUT2D eigenvalue weighted by molar-refractivity contribution is 5.45. The van der Waals surface area contributed by atoms with E-state index >= 15 is 0 Å². The van der Waals surface area contributed by atoms with E-state index in [1.165, 1.54) is 4.63 Å². The van der Waals surface area contributed by atoms with E-state index in [9.17, 15) is 8.78 Å². The molecule has 6 nitrogen and oxygen atoms in total. The van der Waals surface area contributed by atoms with Crippen LogP contribution in [0, 0.1) is 5.92 Å². The zero-order valence-corrected chi connectivity index (χ0v) is 8.87. The molecule has 1 atom stereocenters. The van der Waals surface area contributed by atoms with Crippen molar-refractivity contribution in [1.29, 1.82) is 0 Å². The van der Waals surface area contributed by atoms with Crippen LogP contribution >= 0.6 is 0 Å². The Bertz CT molecular complexity index is 527. The maximum absolute atomic E-state index is 12.5. The van der Waals surface area contributed by atoms with Crippen LogP contribution in [-0.4, -0.2) is 44.8 Å². The first-order chi connectivity index (χ1) is 8.24. The molecule has 1 saturated heterocycles. The van der Waals surface area contributed by atoms with Crippen molar-refractivity contribution in [1.82, 2.24) is 25.3 Å². The minimum Gasteiger partial charge on any atom is -0.355 e. The van der Waals surface area contributed by atoms with Crippen molar-refractivity contribution < 1.29 is 8.78 Å². The van der Waals surface area contributed by atoms with E-state index in [0.717, 1.165) is 0 Å². The number of fused-ring (bicyclic) bond motifs is 1. The molecule has 3 rings (SSSR count). The number of halogens is 2. The Hall–Kier alpha value is -1.86. The average Bonchev–Trinajstić information content (AvgIpc) is 2.97. The molecule has 0 N–H and O–H groups in total. The molecule has 8 heteroatoms. The molecule has 3 heterocycles. The fraction of sp³-hybridized carbons (Fsp3) is 0.556. The van der Waals surface area contributed by atoms with Crippen LogP contribution in [0.5, 0.6) is 0 Å². The smallest absolute Gasteiger partial charge is 0.243 e. The number of hydrogen-bond donors (Lipinski definition) is 0. The van der Waals surface area contributed by atoms with Gasteiger partial charge in [-0.2, -0.15) is 0 Å². The fourth-order valence-corrected chi connectivity index (χ4v) is 2.01. The largest absolute Gasteiger partial charge is 0.355 e. The van der Waals surface area contributed by atoms with E-state index in [4.69, 9.17) is 0 Å². The van der Waals surface area contributed by atoms with E-state index in [1.807, 2.05) is 4.90 Å². The second-order valence-electron chi connectivity index (χ2n) is 4.05. The summed E-state index contributed by atoms with van der Waals surface area (Å²) >= 11 is 0. The van der Waals surface area contributed by atoms with Gasteiger partial charge in [-0.15, -0.1) is 14.8 Å². The van der Waals surface area contributed by atoms with Crippen molar-refractivity contribution in [2.45, 2.75) is 12.8 Å². The van der Waals surface area contributed by atoms with Gasteiger partial charge in [0.2, 0.25) is 6.43 Å². The first kappa shape index (κ1) is 10.3. The third-order valence-electron chi connectivity index (χ3n) is 2.96. The molecule has 1 aliphatic heterocycles. The number of rotatable bonds is 2. The van der Waals surface area contributed by atoms with Crippen LogP contribution < -0.4 is 4.90 Å². The van der Waals surface area contributed by atoms with Gasteiger partial charge in [0.05, 0.1) is 0 Å². The summed E-state index contributed by atoms with van der Waals surface area (Å²) in [6, 6.07) is 3.47. The Morgan fingerprint density at radius 1 is 1.35 bits per heavy atom. The van der Waals surface area contributed by atoms with Crippen LogP contribution in [0.2, 0.25) is 0 Å². The lowest BCUT2D eigenvalue weighted by molar-refractivity contribution is 0.0880. The Balaban J connectivity index is 1.84. The first-order valence-corrected chi connectivity index (χ1v) is 5.32. The predicted octanol–water partition coefficient (Wildman–Crippen LogP) is 0.611. The number of hydrogen-bond acceptors (Lipinski definition) is 5. The van der Waals surface area contributed by atoms with Gasteiger partial charge in [0.25, 0.3) is 0 Å². The van der Waals surface area contributed by atoms with Gasteiger partial charge in [-0.1, -0.05) is 0 Å². The molecule has 0 spiro atoms. The molecule has 2 aromatic rings. The number of nitrogens with zero attached hydrogens (tertiary/aromatic N) is 6. The summed E-state index contributed by atoms with van der Waals surface area (Å²) in [6.45, 7) is 0.925. The highest BCUT2D eigenvalue weighted by Crippen LogP contribution is 2.26. The van der Waals surface area contributed by atoms with Crippen LogP contribution in [0.15, 0.2) is 12.1 Å². The molecule has 0 amide bonds. The van der Waals surface area contributed by atoms with Crippen LogP contribution in [0.1, 0.15) is 6.42 Å².